The van der Waals surface area contributed by atoms with E-state index in [0.717, 1.165) is 33.1 Å². The third kappa shape index (κ3) is 2.59. The van der Waals surface area contributed by atoms with Crippen molar-refractivity contribution in [3.63, 3.8) is 0 Å². The molecule has 0 aliphatic carbocycles. The van der Waals surface area contributed by atoms with Gasteiger partial charge in [0.25, 0.3) is 0 Å². The molecule has 5 aromatic rings. The summed E-state index contributed by atoms with van der Waals surface area (Å²) in [6.45, 7) is 4.63. The van der Waals surface area contributed by atoms with E-state index in [9.17, 15) is 0 Å². The lowest BCUT2D eigenvalue weighted by atomic mass is 9.77. The highest BCUT2D eigenvalue weighted by atomic mass is 32.2. The van der Waals surface area contributed by atoms with Crippen molar-refractivity contribution in [3.05, 3.63) is 96.2 Å². The number of fused-ring (bicyclic) bond motifs is 5. The van der Waals surface area contributed by atoms with Crippen molar-refractivity contribution < 1.29 is 0 Å². The van der Waals surface area contributed by atoms with E-state index in [-0.39, 0.29) is 5.41 Å². The zero-order valence-corrected chi connectivity index (χ0v) is 17.7. The Balaban J connectivity index is 1.52. The van der Waals surface area contributed by atoms with Crippen molar-refractivity contribution in [1.29, 1.82) is 0 Å². The van der Waals surface area contributed by atoms with E-state index in [4.69, 9.17) is 4.98 Å². The fraction of sp³-hybridized carbons (Fsp3) is 0.111. The van der Waals surface area contributed by atoms with Gasteiger partial charge < -0.3 is 0 Å². The molecule has 2 aromatic heterocycles. The minimum absolute atomic E-state index is 0.00730. The monoisotopic (exact) mass is 404 g/mol. The lowest BCUT2D eigenvalue weighted by Crippen LogP contribution is -2.23. The molecule has 2 nitrogen and oxygen atoms in total. The first kappa shape index (κ1) is 17.7. The second-order valence-corrected chi connectivity index (χ2v) is 9.43. The summed E-state index contributed by atoms with van der Waals surface area (Å²) in [6.07, 6.45) is 1.84. The molecule has 0 saturated carbocycles. The quantitative estimate of drug-likeness (QED) is 0.275. The fourth-order valence-corrected chi connectivity index (χ4v) is 5.94. The standard InChI is InChI=1S/C27H20N2S/c1-27(2)20-7-3-4-8-23(20)30-24-16-19(11-13-21(24)27)22-14-12-18-10-9-17-6-5-15-28-25(17)26(18)29-22/h3-16H,1-2H3. The van der Waals surface area contributed by atoms with E-state index in [1.54, 1.807) is 0 Å². The molecule has 0 spiro atoms. The predicted octanol–water partition coefficient (Wildman–Crippen LogP) is 7.24. The lowest BCUT2D eigenvalue weighted by molar-refractivity contribution is 0.607. The van der Waals surface area contributed by atoms with E-state index in [1.807, 2.05) is 24.0 Å². The third-order valence-electron chi connectivity index (χ3n) is 6.16. The van der Waals surface area contributed by atoms with Gasteiger partial charge in [-0.3, -0.25) is 4.98 Å². The smallest absolute Gasteiger partial charge is 0.0972 e. The summed E-state index contributed by atoms with van der Waals surface area (Å²) < 4.78 is 0. The number of hydrogen-bond donors (Lipinski definition) is 0. The molecule has 0 unspecified atom stereocenters. The molecule has 0 N–H and O–H groups in total. The van der Waals surface area contributed by atoms with Gasteiger partial charge in [-0.05, 0) is 35.4 Å². The van der Waals surface area contributed by atoms with Crippen LogP contribution in [0.4, 0.5) is 0 Å². The zero-order valence-electron chi connectivity index (χ0n) is 16.9. The largest absolute Gasteiger partial charge is 0.254 e. The van der Waals surface area contributed by atoms with Gasteiger partial charge in [0, 0.05) is 37.7 Å². The molecule has 0 bridgehead atoms. The van der Waals surface area contributed by atoms with Gasteiger partial charge in [0.15, 0.2) is 0 Å². The Morgan fingerprint density at radius 1 is 0.700 bits per heavy atom. The minimum Gasteiger partial charge on any atom is -0.254 e. The lowest BCUT2D eigenvalue weighted by Gasteiger charge is -2.34. The summed E-state index contributed by atoms with van der Waals surface area (Å²) in [5.41, 5.74) is 6.82. The van der Waals surface area contributed by atoms with Crippen molar-refractivity contribution in [2.75, 3.05) is 0 Å². The molecule has 3 heterocycles. The van der Waals surface area contributed by atoms with Crippen LogP contribution in [0.5, 0.6) is 0 Å². The molecule has 30 heavy (non-hydrogen) atoms. The SMILES string of the molecule is CC1(C)c2ccccc2Sc2cc(-c3ccc4ccc5cccnc5c4n3)ccc21. The molecule has 1 aliphatic heterocycles. The summed E-state index contributed by atoms with van der Waals surface area (Å²) in [5, 5.41) is 2.24. The Hall–Kier alpha value is -3.17. The van der Waals surface area contributed by atoms with Crippen LogP contribution in [0.1, 0.15) is 25.0 Å². The van der Waals surface area contributed by atoms with Crippen molar-refractivity contribution in [2.45, 2.75) is 29.1 Å². The Labute approximate surface area is 180 Å². The summed E-state index contributed by atoms with van der Waals surface area (Å²) >= 11 is 1.86. The van der Waals surface area contributed by atoms with Crippen LogP contribution in [-0.4, -0.2) is 9.97 Å². The molecule has 0 saturated heterocycles. The Kier molecular flexibility index (Phi) is 3.78. The van der Waals surface area contributed by atoms with Gasteiger partial charge in [-0.25, -0.2) is 4.98 Å². The summed E-state index contributed by atoms with van der Waals surface area (Å²) in [7, 11) is 0. The molecule has 0 radical (unpaired) electrons. The highest BCUT2D eigenvalue weighted by molar-refractivity contribution is 7.99. The van der Waals surface area contributed by atoms with Gasteiger partial charge in [-0.1, -0.05) is 80.2 Å². The highest BCUT2D eigenvalue weighted by Gasteiger charge is 2.32. The average molecular weight is 405 g/mol. The molecule has 144 valence electrons. The average Bonchev–Trinajstić information content (AvgIpc) is 2.78. The first-order valence-electron chi connectivity index (χ1n) is 10.2. The van der Waals surface area contributed by atoms with E-state index in [0.29, 0.717) is 0 Å². The maximum Gasteiger partial charge on any atom is 0.0972 e. The topological polar surface area (TPSA) is 25.8 Å². The molecule has 1 aliphatic rings. The van der Waals surface area contributed by atoms with Crippen LogP contribution >= 0.6 is 11.8 Å². The maximum atomic E-state index is 5.03. The second kappa shape index (κ2) is 6.41. The maximum absolute atomic E-state index is 5.03. The van der Waals surface area contributed by atoms with Crippen LogP contribution in [0.3, 0.4) is 0 Å². The molecule has 3 aromatic carbocycles. The number of nitrogens with zero attached hydrogens (tertiary/aromatic N) is 2. The van der Waals surface area contributed by atoms with E-state index >= 15 is 0 Å². The van der Waals surface area contributed by atoms with E-state index in [1.165, 1.54) is 20.9 Å². The molecule has 0 atom stereocenters. The molecule has 0 amide bonds. The number of benzene rings is 3. The van der Waals surface area contributed by atoms with Crippen molar-refractivity contribution in [2.24, 2.45) is 0 Å². The van der Waals surface area contributed by atoms with Crippen LogP contribution < -0.4 is 0 Å². The second-order valence-electron chi connectivity index (χ2n) is 8.34. The Morgan fingerprint density at radius 2 is 1.47 bits per heavy atom. The number of aromatic nitrogens is 2. The van der Waals surface area contributed by atoms with Gasteiger partial charge in [0.05, 0.1) is 16.7 Å². The third-order valence-corrected chi connectivity index (χ3v) is 7.30. The normalized spacial score (nSPS) is 14.5. The van der Waals surface area contributed by atoms with Crippen LogP contribution in [0.15, 0.2) is 94.9 Å². The summed E-state index contributed by atoms with van der Waals surface area (Å²) in [4.78, 5) is 12.3. The first-order chi connectivity index (χ1) is 14.6. The van der Waals surface area contributed by atoms with Crippen LogP contribution in [0, 0.1) is 0 Å². The van der Waals surface area contributed by atoms with Gasteiger partial charge in [0.2, 0.25) is 0 Å². The molecule has 0 fully saturated rings. The van der Waals surface area contributed by atoms with Crippen LogP contribution in [0.2, 0.25) is 0 Å². The van der Waals surface area contributed by atoms with Crippen molar-refractivity contribution in [1.82, 2.24) is 9.97 Å². The molecule has 6 rings (SSSR count). The van der Waals surface area contributed by atoms with Gasteiger partial charge >= 0.3 is 0 Å². The Morgan fingerprint density at radius 3 is 2.37 bits per heavy atom. The van der Waals surface area contributed by atoms with Crippen molar-refractivity contribution >= 4 is 33.6 Å². The van der Waals surface area contributed by atoms with Gasteiger partial charge in [0.1, 0.15) is 0 Å². The first-order valence-corrected chi connectivity index (χ1v) is 11.0. The Bertz CT molecular complexity index is 1450. The van der Waals surface area contributed by atoms with Crippen LogP contribution in [0.25, 0.3) is 33.1 Å². The molecular weight excluding hydrogens is 384 g/mol. The summed E-state index contributed by atoms with van der Waals surface area (Å²) in [5.74, 6) is 0. The van der Waals surface area contributed by atoms with Gasteiger partial charge in [-0.2, -0.15) is 0 Å². The van der Waals surface area contributed by atoms with Crippen LogP contribution in [-0.2, 0) is 5.41 Å². The number of hydrogen-bond acceptors (Lipinski definition) is 3. The zero-order chi connectivity index (χ0) is 20.3. The number of pyridine rings is 2. The highest BCUT2D eigenvalue weighted by Crippen LogP contribution is 2.49. The molecule has 3 heteroatoms. The summed E-state index contributed by atoms with van der Waals surface area (Å²) in [6, 6.07) is 28.1. The predicted molar refractivity (Wildman–Crippen MR) is 125 cm³/mol. The fourth-order valence-electron chi connectivity index (χ4n) is 4.50. The minimum atomic E-state index is -0.00730. The molecular formula is C27H20N2S. The number of rotatable bonds is 1. The van der Waals surface area contributed by atoms with E-state index < -0.39 is 0 Å². The van der Waals surface area contributed by atoms with Gasteiger partial charge in [-0.15, -0.1) is 0 Å². The van der Waals surface area contributed by atoms with E-state index in [2.05, 4.69) is 91.6 Å². The van der Waals surface area contributed by atoms with Crippen molar-refractivity contribution in [3.8, 4) is 11.3 Å².